The molecule has 0 spiro atoms. The molecule has 0 radical (unpaired) electrons. The topological polar surface area (TPSA) is 87.2 Å². The molecule has 0 aromatic heterocycles. The van der Waals surface area contributed by atoms with Gasteiger partial charge < -0.3 is 10.6 Å². The average Bonchev–Trinajstić information content (AvgIpc) is 2.31. The molecule has 0 aliphatic carbocycles. The summed E-state index contributed by atoms with van der Waals surface area (Å²) in [4.78, 5) is 2.30. The van der Waals surface area contributed by atoms with Crippen molar-refractivity contribution in [2.75, 3.05) is 24.6 Å². The van der Waals surface area contributed by atoms with Gasteiger partial charge in [0.25, 0.3) is 0 Å². The van der Waals surface area contributed by atoms with Gasteiger partial charge in [0.2, 0.25) is 0 Å². The Labute approximate surface area is 102 Å². The van der Waals surface area contributed by atoms with Crippen molar-refractivity contribution in [2.24, 2.45) is 5.73 Å². The van der Waals surface area contributed by atoms with E-state index in [1.165, 1.54) is 0 Å². The molecular formula is C11H19N3O2S. The predicted octanol–water partition coefficient (Wildman–Crippen LogP) is -0.120. The van der Waals surface area contributed by atoms with E-state index in [0.29, 0.717) is 30.4 Å². The van der Waals surface area contributed by atoms with Crippen LogP contribution in [0.5, 0.6) is 0 Å². The number of hydrogen-bond acceptors (Lipinski definition) is 5. The Morgan fingerprint density at radius 1 is 1.24 bits per heavy atom. The fourth-order valence-corrected chi connectivity index (χ4v) is 4.11. The summed E-state index contributed by atoms with van der Waals surface area (Å²) in [7, 11) is -2.79. The Morgan fingerprint density at radius 2 is 1.76 bits per heavy atom. The van der Waals surface area contributed by atoms with Crippen LogP contribution in [-0.2, 0) is 9.84 Å². The molecule has 2 heterocycles. The first kappa shape index (κ1) is 12.8. The van der Waals surface area contributed by atoms with Gasteiger partial charge in [-0.3, -0.25) is 0 Å². The standard InChI is InChI=1S/C11H19N3O2S/c12-9-11(13)3-5-14(6-4-11)10-1-7-17(15,16)8-2-10/h10H,1-8,13H2. The zero-order chi connectivity index (χ0) is 12.5. The molecule has 2 rings (SSSR count). The lowest BCUT2D eigenvalue weighted by Crippen LogP contribution is -2.53. The SMILES string of the molecule is N#CC1(N)CCN(C2CCS(=O)(=O)CC2)CC1. The lowest BCUT2D eigenvalue weighted by atomic mass is 9.89. The fraction of sp³-hybridized carbons (Fsp3) is 0.909. The van der Waals surface area contributed by atoms with Crippen LogP contribution in [0.3, 0.4) is 0 Å². The maximum atomic E-state index is 11.3. The van der Waals surface area contributed by atoms with Crippen molar-refractivity contribution in [3.63, 3.8) is 0 Å². The predicted molar refractivity (Wildman–Crippen MR) is 65.0 cm³/mol. The largest absolute Gasteiger partial charge is 0.313 e. The van der Waals surface area contributed by atoms with Crippen molar-refractivity contribution in [1.82, 2.24) is 4.90 Å². The van der Waals surface area contributed by atoms with Gasteiger partial charge in [0, 0.05) is 19.1 Å². The monoisotopic (exact) mass is 257 g/mol. The Hall–Kier alpha value is -0.640. The van der Waals surface area contributed by atoms with Gasteiger partial charge >= 0.3 is 0 Å². The molecule has 5 nitrogen and oxygen atoms in total. The van der Waals surface area contributed by atoms with Crippen LogP contribution in [0.15, 0.2) is 0 Å². The van der Waals surface area contributed by atoms with E-state index in [9.17, 15) is 8.42 Å². The van der Waals surface area contributed by atoms with Crippen molar-refractivity contribution < 1.29 is 8.42 Å². The Bertz CT molecular complexity index is 404. The first-order valence-corrected chi connectivity index (χ1v) is 7.91. The number of piperidine rings is 1. The smallest absolute Gasteiger partial charge is 0.150 e. The molecular weight excluding hydrogens is 238 g/mol. The molecule has 0 amide bonds. The third-order valence-corrected chi connectivity index (χ3v) is 5.67. The second kappa shape index (κ2) is 4.56. The summed E-state index contributed by atoms with van der Waals surface area (Å²) in [6.45, 7) is 1.63. The van der Waals surface area contributed by atoms with Crippen LogP contribution >= 0.6 is 0 Å². The summed E-state index contributed by atoms with van der Waals surface area (Å²) < 4.78 is 22.7. The van der Waals surface area contributed by atoms with Crippen LogP contribution in [0.4, 0.5) is 0 Å². The molecule has 6 heteroatoms. The second-order valence-electron chi connectivity index (χ2n) is 5.19. The van der Waals surface area contributed by atoms with Crippen LogP contribution in [0.1, 0.15) is 25.7 Å². The highest BCUT2D eigenvalue weighted by atomic mass is 32.2. The Balaban J connectivity index is 1.89. The first-order chi connectivity index (χ1) is 7.94. The van der Waals surface area contributed by atoms with Crippen LogP contribution in [-0.4, -0.2) is 49.5 Å². The lowest BCUT2D eigenvalue weighted by Gasteiger charge is -2.40. The Morgan fingerprint density at radius 3 is 2.24 bits per heavy atom. The highest BCUT2D eigenvalue weighted by Gasteiger charge is 2.35. The fourth-order valence-electron chi connectivity index (χ4n) is 2.64. The number of nitrogens with zero attached hydrogens (tertiary/aromatic N) is 2. The zero-order valence-electron chi connectivity index (χ0n) is 9.93. The van der Waals surface area contributed by atoms with Gasteiger partial charge in [-0.05, 0) is 25.7 Å². The van der Waals surface area contributed by atoms with Crippen LogP contribution < -0.4 is 5.73 Å². The third kappa shape index (κ3) is 2.97. The van der Waals surface area contributed by atoms with E-state index in [-0.39, 0.29) is 0 Å². The Kier molecular flexibility index (Phi) is 3.43. The van der Waals surface area contributed by atoms with Gasteiger partial charge in [0.15, 0.2) is 0 Å². The van der Waals surface area contributed by atoms with Gasteiger partial charge in [0.1, 0.15) is 15.4 Å². The molecule has 17 heavy (non-hydrogen) atoms. The minimum Gasteiger partial charge on any atom is -0.313 e. The summed E-state index contributed by atoms with van der Waals surface area (Å²) >= 11 is 0. The van der Waals surface area contributed by atoms with Crippen molar-refractivity contribution in [2.45, 2.75) is 37.3 Å². The highest BCUT2D eigenvalue weighted by Crippen LogP contribution is 2.25. The maximum Gasteiger partial charge on any atom is 0.150 e. The van der Waals surface area contributed by atoms with Gasteiger partial charge in [-0.1, -0.05) is 0 Å². The second-order valence-corrected chi connectivity index (χ2v) is 7.49. The molecule has 2 fully saturated rings. The summed E-state index contributed by atoms with van der Waals surface area (Å²) in [5, 5.41) is 8.94. The van der Waals surface area contributed by atoms with Gasteiger partial charge in [-0.2, -0.15) is 5.26 Å². The molecule has 0 bridgehead atoms. The number of likely N-dealkylation sites (tertiary alicyclic amines) is 1. The summed E-state index contributed by atoms with van der Waals surface area (Å²) in [6.07, 6.45) is 2.83. The van der Waals surface area contributed by atoms with Crippen molar-refractivity contribution in [3.05, 3.63) is 0 Å². The average molecular weight is 257 g/mol. The molecule has 0 atom stereocenters. The van der Waals surface area contributed by atoms with E-state index in [4.69, 9.17) is 11.0 Å². The molecule has 2 aliphatic rings. The highest BCUT2D eigenvalue weighted by molar-refractivity contribution is 7.91. The molecule has 0 saturated carbocycles. The van der Waals surface area contributed by atoms with E-state index in [2.05, 4.69) is 11.0 Å². The molecule has 2 saturated heterocycles. The van der Waals surface area contributed by atoms with Crippen molar-refractivity contribution >= 4 is 9.84 Å². The van der Waals surface area contributed by atoms with E-state index in [1.807, 2.05) is 0 Å². The van der Waals surface area contributed by atoms with Crippen molar-refractivity contribution in [1.29, 1.82) is 5.26 Å². The number of rotatable bonds is 1. The van der Waals surface area contributed by atoms with E-state index in [0.717, 1.165) is 25.9 Å². The van der Waals surface area contributed by atoms with Crippen LogP contribution in [0.25, 0.3) is 0 Å². The minimum absolute atomic E-state index is 0.306. The molecule has 0 aromatic carbocycles. The molecule has 2 N–H and O–H groups in total. The zero-order valence-corrected chi connectivity index (χ0v) is 10.7. The quantitative estimate of drug-likeness (QED) is 0.707. The number of hydrogen-bond donors (Lipinski definition) is 1. The molecule has 2 aliphatic heterocycles. The number of nitriles is 1. The first-order valence-electron chi connectivity index (χ1n) is 6.09. The normalized spacial score (nSPS) is 29.6. The molecule has 96 valence electrons. The summed E-state index contributed by atoms with van der Waals surface area (Å²) in [5.41, 5.74) is 5.24. The maximum absolute atomic E-state index is 11.3. The van der Waals surface area contributed by atoms with Crippen LogP contribution in [0, 0.1) is 11.3 Å². The van der Waals surface area contributed by atoms with Gasteiger partial charge in [-0.15, -0.1) is 0 Å². The minimum atomic E-state index is -2.79. The number of nitrogens with two attached hydrogens (primary N) is 1. The molecule has 0 unspecified atom stereocenters. The number of sulfone groups is 1. The van der Waals surface area contributed by atoms with Gasteiger partial charge in [-0.25, -0.2) is 8.42 Å². The summed E-state index contributed by atoms with van der Waals surface area (Å²) in [6, 6.07) is 2.53. The van der Waals surface area contributed by atoms with E-state index < -0.39 is 15.4 Å². The van der Waals surface area contributed by atoms with Crippen LogP contribution in [0.2, 0.25) is 0 Å². The summed E-state index contributed by atoms with van der Waals surface area (Å²) in [5.74, 6) is 0.611. The third-order valence-electron chi connectivity index (χ3n) is 3.95. The van der Waals surface area contributed by atoms with E-state index in [1.54, 1.807) is 0 Å². The molecule has 0 aromatic rings. The van der Waals surface area contributed by atoms with E-state index >= 15 is 0 Å². The van der Waals surface area contributed by atoms with Crippen molar-refractivity contribution in [3.8, 4) is 6.07 Å². The van der Waals surface area contributed by atoms with Gasteiger partial charge in [0.05, 0.1) is 17.6 Å². The lowest BCUT2D eigenvalue weighted by molar-refractivity contribution is 0.127.